The summed E-state index contributed by atoms with van der Waals surface area (Å²) in [5.74, 6) is 3.01. The zero-order valence-corrected chi connectivity index (χ0v) is 14.7. The second-order valence-electron chi connectivity index (χ2n) is 8.30. The van der Waals surface area contributed by atoms with Crippen molar-refractivity contribution in [2.45, 2.75) is 51.2 Å². The number of hydrogen-bond acceptors (Lipinski definition) is 4. The number of ether oxygens (including phenoxy) is 1. The van der Waals surface area contributed by atoms with Crippen molar-refractivity contribution in [2.24, 2.45) is 23.2 Å². The molecule has 0 unspecified atom stereocenters. The Morgan fingerprint density at radius 1 is 1.22 bits per heavy atom. The van der Waals surface area contributed by atoms with Gasteiger partial charge < -0.3 is 15.2 Å². The third kappa shape index (κ3) is 3.81. The maximum atomic E-state index is 10.1. The highest BCUT2D eigenvalue weighted by Gasteiger charge is 2.50. The van der Waals surface area contributed by atoms with Crippen LogP contribution in [0.5, 0.6) is 0 Å². The Bertz CT molecular complexity index is 466. The molecule has 5 rings (SSSR count). The Morgan fingerprint density at radius 3 is 2.52 bits per heavy atom. The summed E-state index contributed by atoms with van der Waals surface area (Å²) in [6.45, 7) is 2.79. The number of rotatable bonds is 8. The molecule has 0 saturated heterocycles. The summed E-state index contributed by atoms with van der Waals surface area (Å²) in [5.41, 5.74) is 0.548. The zero-order chi connectivity index (χ0) is 15.7. The molecule has 1 aromatic rings. The summed E-state index contributed by atoms with van der Waals surface area (Å²) in [7, 11) is 0. The second kappa shape index (κ2) is 6.83. The fraction of sp³-hybridized carbons (Fsp3) is 0.789. The first kappa shape index (κ1) is 16.1. The van der Waals surface area contributed by atoms with Gasteiger partial charge in [0.05, 0.1) is 19.3 Å². The Hall–Kier alpha value is -0.420. The van der Waals surface area contributed by atoms with Crippen LogP contribution in [0.25, 0.3) is 0 Å². The zero-order valence-electron chi connectivity index (χ0n) is 13.9. The van der Waals surface area contributed by atoms with Gasteiger partial charge in [-0.05, 0) is 73.1 Å². The smallest absolute Gasteiger partial charge is 0.0897 e. The van der Waals surface area contributed by atoms with Gasteiger partial charge in [-0.25, -0.2) is 0 Å². The molecular weight excluding hydrogens is 306 g/mol. The molecule has 0 amide bonds. The minimum Gasteiger partial charge on any atom is -0.389 e. The van der Waals surface area contributed by atoms with Crippen LogP contribution in [0.15, 0.2) is 17.5 Å². The standard InChI is InChI=1S/C19H29NO2S/c21-17(11-22-12-18-2-1-3-23-18)10-20-13-19-7-14-4-15(8-19)6-16(5-14)9-19/h1-3,14-17,20-21H,4-13H2/t14?,15?,16?,17-,19?/m0/s1. The quantitative estimate of drug-likeness (QED) is 0.765. The van der Waals surface area contributed by atoms with E-state index in [-0.39, 0.29) is 0 Å². The van der Waals surface area contributed by atoms with Crippen LogP contribution >= 0.6 is 11.3 Å². The van der Waals surface area contributed by atoms with E-state index in [9.17, 15) is 5.11 Å². The van der Waals surface area contributed by atoms with Gasteiger partial charge in [0.1, 0.15) is 0 Å². The van der Waals surface area contributed by atoms with E-state index in [2.05, 4.69) is 16.8 Å². The summed E-state index contributed by atoms with van der Waals surface area (Å²) in [4.78, 5) is 1.22. The summed E-state index contributed by atoms with van der Waals surface area (Å²) >= 11 is 1.70. The van der Waals surface area contributed by atoms with Crippen molar-refractivity contribution in [1.29, 1.82) is 0 Å². The van der Waals surface area contributed by atoms with Gasteiger partial charge >= 0.3 is 0 Å². The van der Waals surface area contributed by atoms with E-state index in [0.717, 1.165) is 24.3 Å². The summed E-state index contributed by atoms with van der Waals surface area (Å²) in [5, 5.41) is 15.7. The fourth-order valence-electron chi connectivity index (χ4n) is 5.76. The van der Waals surface area contributed by atoms with E-state index in [1.165, 1.54) is 43.4 Å². The molecule has 0 aromatic carbocycles. The largest absolute Gasteiger partial charge is 0.389 e. The van der Waals surface area contributed by atoms with E-state index < -0.39 is 6.10 Å². The maximum absolute atomic E-state index is 10.1. The first-order valence-electron chi connectivity index (χ1n) is 9.20. The summed E-state index contributed by atoms with van der Waals surface area (Å²) in [6.07, 6.45) is 8.38. The highest BCUT2D eigenvalue weighted by molar-refractivity contribution is 7.09. The number of aliphatic hydroxyl groups is 1. The van der Waals surface area contributed by atoms with Crippen LogP contribution < -0.4 is 5.32 Å². The molecule has 4 bridgehead atoms. The van der Waals surface area contributed by atoms with Crippen molar-refractivity contribution in [2.75, 3.05) is 19.7 Å². The molecule has 4 aliphatic carbocycles. The minimum atomic E-state index is -0.399. The number of hydrogen-bond donors (Lipinski definition) is 2. The van der Waals surface area contributed by atoms with E-state index >= 15 is 0 Å². The predicted octanol–water partition coefficient (Wildman–Crippen LogP) is 3.43. The number of aliphatic hydroxyl groups excluding tert-OH is 1. The Morgan fingerprint density at radius 2 is 1.91 bits per heavy atom. The molecule has 23 heavy (non-hydrogen) atoms. The Balaban J connectivity index is 1.17. The molecule has 4 heteroatoms. The molecule has 1 aromatic heterocycles. The highest BCUT2D eigenvalue weighted by Crippen LogP contribution is 2.59. The maximum Gasteiger partial charge on any atom is 0.0897 e. The van der Waals surface area contributed by atoms with E-state index in [4.69, 9.17) is 4.74 Å². The lowest BCUT2D eigenvalue weighted by molar-refractivity contribution is -0.0531. The molecule has 128 valence electrons. The molecule has 0 spiro atoms. The Kier molecular flexibility index (Phi) is 4.77. The lowest BCUT2D eigenvalue weighted by Crippen LogP contribution is -2.51. The van der Waals surface area contributed by atoms with Crippen LogP contribution in [-0.2, 0) is 11.3 Å². The van der Waals surface area contributed by atoms with Crippen molar-refractivity contribution in [1.82, 2.24) is 5.32 Å². The molecule has 3 nitrogen and oxygen atoms in total. The first-order valence-corrected chi connectivity index (χ1v) is 10.1. The van der Waals surface area contributed by atoms with Crippen LogP contribution in [-0.4, -0.2) is 30.9 Å². The molecule has 0 aliphatic heterocycles. The second-order valence-corrected chi connectivity index (χ2v) is 9.33. The van der Waals surface area contributed by atoms with Crippen molar-refractivity contribution in [3.8, 4) is 0 Å². The molecule has 1 atom stereocenters. The summed E-state index contributed by atoms with van der Waals surface area (Å²) < 4.78 is 5.61. The lowest BCUT2D eigenvalue weighted by atomic mass is 9.49. The molecule has 1 heterocycles. The summed E-state index contributed by atoms with van der Waals surface area (Å²) in [6, 6.07) is 4.11. The van der Waals surface area contributed by atoms with E-state index in [1.54, 1.807) is 11.3 Å². The van der Waals surface area contributed by atoms with Gasteiger partial charge in [0.25, 0.3) is 0 Å². The number of nitrogens with one attached hydrogen (secondary N) is 1. The van der Waals surface area contributed by atoms with Crippen molar-refractivity contribution < 1.29 is 9.84 Å². The molecular formula is C19H29NO2S. The average Bonchev–Trinajstić information content (AvgIpc) is 2.99. The van der Waals surface area contributed by atoms with Crippen molar-refractivity contribution in [3.63, 3.8) is 0 Å². The number of thiophene rings is 1. The predicted molar refractivity (Wildman–Crippen MR) is 93.5 cm³/mol. The van der Waals surface area contributed by atoms with Gasteiger partial charge in [-0.15, -0.1) is 11.3 Å². The van der Waals surface area contributed by atoms with E-state index in [1.807, 2.05) is 6.07 Å². The molecule has 4 aliphatic rings. The topological polar surface area (TPSA) is 41.5 Å². The van der Waals surface area contributed by atoms with Crippen LogP contribution in [0.3, 0.4) is 0 Å². The van der Waals surface area contributed by atoms with E-state index in [0.29, 0.717) is 25.2 Å². The third-order valence-electron chi connectivity index (χ3n) is 6.18. The van der Waals surface area contributed by atoms with Gasteiger partial charge in [-0.2, -0.15) is 0 Å². The van der Waals surface area contributed by atoms with Crippen molar-refractivity contribution >= 4 is 11.3 Å². The normalized spacial score (nSPS) is 36.5. The van der Waals surface area contributed by atoms with Crippen LogP contribution in [0, 0.1) is 23.2 Å². The molecule has 4 saturated carbocycles. The van der Waals surface area contributed by atoms with Crippen LogP contribution in [0.2, 0.25) is 0 Å². The van der Waals surface area contributed by atoms with Gasteiger partial charge in [0.2, 0.25) is 0 Å². The Labute approximate surface area is 143 Å². The van der Waals surface area contributed by atoms with Crippen LogP contribution in [0.4, 0.5) is 0 Å². The third-order valence-corrected chi connectivity index (χ3v) is 7.03. The van der Waals surface area contributed by atoms with Gasteiger partial charge in [0, 0.05) is 18.0 Å². The molecule has 0 radical (unpaired) electrons. The van der Waals surface area contributed by atoms with Crippen LogP contribution in [0.1, 0.15) is 43.4 Å². The van der Waals surface area contributed by atoms with Crippen molar-refractivity contribution in [3.05, 3.63) is 22.4 Å². The lowest BCUT2D eigenvalue weighted by Gasteiger charge is -2.57. The monoisotopic (exact) mass is 335 g/mol. The average molecular weight is 336 g/mol. The van der Waals surface area contributed by atoms with Gasteiger partial charge in [-0.3, -0.25) is 0 Å². The molecule has 4 fully saturated rings. The minimum absolute atomic E-state index is 0.399. The fourth-order valence-corrected chi connectivity index (χ4v) is 6.40. The van der Waals surface area contributed by atoms with Gasteiger partial charge in [-0.1, -0.05) is 6.07 Å². The SMILES string of the molecule is O[C@@H](CNCC12CC3CC(CC(C3)C1)C2)COCc1cccs1. The first-order chi connectivity index (χ1) is 11.2. The van der Waals surface area contributed by atoms with Gasteiger partial charge in [0.15, 0.2) is 0 Å². The highest BCUT2D eigenvalue weighted by atomic mass is 32.1. The molecule has 2 N–H and O–H groups in total.